The average molecular weight is 299 g/mol. The van der Waals surface area contributed by atoms with E-state index in [-0.39, 0.29) is 0 Å². The summed E-state index contributed by atoms with van der Waals surface area (Å²) in [6, 6.07) is 7.11. The first-order valence-corrected chi connectivity index (χ1v) is 6.92. The molecule has 1 aromatic carbocycles. The normalized spacial score (nSPS) is 12.7. The third-order valence-electron chi connectivity index (χ3n) is 2.96. The maximum absolute atomic E-state index is 10.3. The van der Waals surface area contributed by atoms with Crippen LogP contribution in [0.5, 0.6) is 0 Å². The summed E-state index contributed by atoms with van der Waals surface area (Å²) in [4.78, 5) is 0. The van der Waals surface area contributed by atoms with Crippen molar-refractivity contribution in [2.45, 2.75) is 32.9 Å². The molecule has 19 heavy (non-hydrogen) atoms. The Morgan fingerprint density at radius 2 is 1.84 bits per heavy atom. The molecule has 1 heterocycles. The van der Waals surface area contributed by atoms with E-state index in [1.54, 1.807) is 18.2 Å². The SMILES string of the molecule is CCn1nc(C)cc1CC(O)c1cc(Cl)cc(Cl)c1. The molecule has 0 saturated carbocycles. The van der Waals surface area contributed by atoms with Crippen molar-refractivity contribution in [2.24, 2.45) is 0 Å². The van der Waals surface area contributed by atoms with Crippen LogP contribution in [0.15, 0.2) is 24.3 Å². The van der Waals surface area contributed by atoms with E-state index >= 15 is 0 Å². The van der Waals surface area contributed by atoms with Gasteiger partial charge in [-0.25, -0.2) is 0 Å². The molecular formula is C14H16Cl2N2O. The first-order valence-electron chi connectivity index (χ1n) is 6.17. The van der Waals surface area contributed by atoms with Crippen LogP contribution < -0.4 is 0 Å². The van der Waals surface area contributed by atoms with E-state index in [2.05, 4.69) is 5.10 Å². The van der Waals surface area contributed by atoms with Crippen LogP contribution in [0.25, 0.3) is 0 Å². The molecule has 0 saturated heterocycles. The Labute approximate surface area is 122 Å². The minimum Gasteiger partial charge on any atom is -0.388 e. The van der Waals surface area contributed by atoms with Crippen molar-refractivity contribution in [1.82, 2.24) is 9.78 Å². The number of aromatic nitrogens is 2. The van der Waals surface area contributed by atoms with Gasteiger partial charge in [0.1, 0.15) is 0 Å². The second kappa shape index (κ2) is 5.95. The molecule has 2 rings (SSSR count). The number of nitrogens with zero attached hydrogens (tertiary/aromatic N) is 2. The molecule has 102 valence electrons. The fourth-order valence-corrected chi connectivity index (χ4v) is 2.66. The lowest BCUT2D eigenvalue weighted by Crippen LogP contribution is -2.08. The van der Waals surface area contributed by atoms with Crippen LogP contribution in [0, 0.1) is 6.92 Å². The lowest BCUT2D eigenvalue weighted by atomic mass is 10.0. The van der Waals surface area contributed by atoms with Crippen molar-refractivity contribution in [2.75, 3.05) is 0 Å². The number of aliphatic hydroxyl groups excluding tert-OH is 1. The quantitative estimate of drug-likeness (QED) is 0.932. The number of benzene rings is 1. The summed E-state index contributed by atoms with van der Waals surface area (Å²) in [7, 11) is 0. The van der Waals surface area contributed by atoms with Crippen LogP contribution in [0.1, 0.15) is 30.0 Å². The molecule has 0 fully saturated rings. The fraction of sp³-hybridized carbons (Fsp3) is 0.357. The fourth-order valence-electron chi connectivity index (χ4n) is 2.12. The second-order valence-corrected chi connectivity index (χ2v) is 5.39. The molecule has 1 N–H and O–H groups in total. The predicted octanol–water partition coefficient (Wildman–Crippen LogP) is 3.79. The van der Waals surface area contributed by atoms with Gasteiger partial charge >= 0.3 is 0 Å². The first-order chi connectivity index (χ1) is 8.99. The van der Waals surface area contributed by atoms with Crippen LogP contribution in [0.2, 0.25) is 10.0 Å². The monoisotopic (exact) mass is 298 g/mol. The molecule has 1 atom stereocenters. The Hall–Kier alpha value is -1.03. The molecule has 0 bridgehead atoms. The molecule has 3 nitrogen and oxygen atoms in total. The van der Waals surface area contributed by atoms with Crippen molar-refractivity contribution in [3.05, 3.63) is 51.3 Å². The lowest BCUT2D eigenvalue weighted by molar-refractivity contribution is 0.175. The molecule has 1 unspecified atom stereocenters. The Bertz CT molecular complexity index is 561. The second-order valence-electron chi connectivity index (χ2n) is 4.52. The summed E-state index contributed by atoms with van der Waals surface area (Å²) >= 11 is 11.9. The van der Waals surface area contributed by atoms with Gasteiger partial charge in [0.2, 0.25) is 0 Å². The number of aliphatic hydroxyl groups is 1. The Morgan fingerprint density at radius 1 is 1.21 bits per heavy atom. The summed E-state index contributed by atoms with van der Waals surface area (Å²) in [5, 5.41) is 15.7. The van der Waals surface area contributed by atoms with Gasteiger partial charge in [-0.05, 0) is 43.7 Å². The van der Waals surface area contributed by atoms with Crippen LogP contribution in [-0.2, 0) is 13.0 Å². The number of aryl methyl sites for hydroxylation is 2. The Morgan fingerprint density at radius 3 is 2.42 bits per heavy atom. The first kappa shape index (κ1) is 14.4. The highest BCUT2D eigenvalue weighted by molar-refractivity contribution is 6.34. The molecule has 0 aliphatic carbocycles. The minimum absolute atomic E-state index is 0.491. The third-order valence-corrected chi connectivity index (χ3v) is 3.39. The van der Waals surface area contributed by atoms with Crippen molar-refractivity contribution in [3.63, 3.8) is 0 Å². The molecule has 0 aliphatic rings. The van der Waals surface area contributed by atoms with Gasteiger partial charge in [-0.2, -0.15) is 5.10 Å². The molecular weight excluding hydrogens is 283 g/mol. The number of halogens is 2. The third kappa shape index (κ3) is 3.50. The number of rotatable bonds is 4. The van der Waals surface area contributed by atoms with Crippen LogP contribution >= 0.6 is 23.2 Å². The average Bonchev–Trinajstić information content (AvgIpc) is 2.68. The minimum atomic E-state index is -0.641. The van der Waals surface area contributed by atoms with Crippen LogP contribution in [0.3, 0.4) is 0 Å². The molecule has 5 heteroatoms. The largest absolute Gasteiger partial charge is 0.388 e. The summed E-state index contributed by atoms with van der Waals surface area (Å²) in [6.45, 7) is 4.75. The summed E-state index contributed by atoms with van der Waals surface area (Å²) in [6.07, 6.45) is -0.150. The van der Waals surface area contributed by atoms with Crippen LogP contribution in [0.4, 0.5) is 0 Å². The zero-order valence-corrected chi connectivity index (χ0v) is 12.4. The smallest absolute Gasteiger partial charge is 0.0846 e. The summed E-state index contributed by atoms with van der Waals surface area (Å²) in [5.41, 5.74) is 2.68. The van der Waals surface area contributed by atoms with Gasteiger partial charge in [0, 0.05) is 28.7 Å². The van der Waals surface area contributed by atoms with E-state index in [1.165, 1.54) is 0 Å². The highest BCUT2D eigenvalue weighted by Crippen LogP contribution is 2.25. The Balaban J connectivity index is 2.22. The van der Waals surface area contributed by atoms with Gasteiger partial charge in [0.15, 0.2) is 0 Å². The molecule has 0 amide bonds. The van der Waals surface area contributed by atoms with Gasteiger partial charge < -0.3 is 5.11 Å². The number of hydrogen-bond donors (Lipinski definition) is 1. The Kier molecular flexibility index (Phi) is 4.50. The predicted molar refractivity (Wildman–Crippen MR) is 77.8 cm³/mol. The van der Waals surface area contributed by atoms with E-state index in [0.29, 0.717) is 16.5 Å². The zero-order chi connectivity index (χ0) is 14.0. The van der Waals surface area contributed by atoms with E-state index < -0.39 is 6.10 Å². The van der Waals surface area contributed by atoms with Crippen molar-refractivity contribution >= 4 is 23.2 Å². The highest BCUT2D eigenvalue weighted by Gasteiger charge is 2.14. The topological polar surface area (TPSA) is 38.0 Å². The van der Waals surface area contributed by atoms with Gasteiger partial charge in [0.25, 0.3) is 0 Å². The highest BCUT2D eigenvalue weighted by atomic mass is 35.5. The zero-order valence-electron chi connectivity index (χ0n) is 10.9. The van der Waals surface area contributed by atoms with Crippen molar-refractivity contribution in [1.29, 1.82) is 0 Å². The van der Waals surface area contributed by atoms with Crippen LogP contribution in [-0.4, -0.2) is 14.9 Å². The number of hydrogen-bond acceptors (Lipinski definition) is 2. The summed E-state index contributed by atoms with van der Waals surface area (Å²) < 4.78 is 1.89. The standard InChI is InChI=1S/C14H16Cl2N2O/c1-3-18-13(4-9(2)17-18)8-14(19)10-5-11(15)7-12(16)6-10/h4-7,14,19H,3,8H2,1-2H3. The van der Waals surface area contributed by atoms with Crippen molar-refractivity contribution < 1.29 is 5.11 Å². The maximum Gasteiger partial charge on any atom is 0.0846 e. The molecule has 0 aliphatic heterocycles. The van der Waals surface area contributed by atoms with Crippen molar-refractivity contribution in [3.8, 4) is 0 Å². The van der Waals surface area contributed by atoms with Gasteiger partial charge in [-0.3, -0.25) is 4.68 Å². The molecule has 2 aromatic rings. The molecule has 1 aromatic heterocycles. The maximum atomic E-state index is 10.3. The van der Waals surface area contributed by atoms with E-state index in [1.807, 2.05) is 24.6 Å². The molecule has 0 radical (unpaired) electrons. The van der Waals surface area contributed by atoms with Gasteiger partial charge in [0.05, 0.1) is 11.8 Å². The lowest BCUT2D eigenvalue weighted by Gasteiger charge is -2.12. The van der Waals surface area contributed by atoms with E-state index in [0.717, 1.165) is 23.5 Å². The van der Waals surface area contributed by atoms with Gasteiger partial charge in [-0.1, -0.05) is 23.2 Å². The van der Waals surface area contributed by atoms with Gasteiger partial charge in [-0.15, -0.1) is 0 Å². The molecule has 0 spiro atoms. The summed E-state index contributed by atoms with van der Waals surface area (Å²) in [5.74, 6) is 0. The van der Waals surface area contributed by atoms with E-state index in [4.69, 9.17) is 23.2 Å². The van der Waals surface area contributed by atoms with E-state index in [9.17, 15) is 5.11 Å².